The fourth-order valence-corrected chi connectivity index (χ4v) is 5.13. The first kappa shape index (κ1) is 33.7. The number of alkyl halides is 6. The summed E-state index contributed by atoms with van der Waals surface area (Å²) in [7, 11) is 0. The quantitative estimate of drug-likeness (QED) is 0.394. The molecule has 3 N–H and O–H groups in total. The molecule has 0 amide bonds. The highest BCUT2D eigenvalue weighted by molar-refractivity contribution is 9.10. The average Bonchev–Trinajstić information content (AvgIpc) is 3.40. The Hall–Kier alpha value is -2.54. The van der Waals surface area contributed by atoms with Crippen LogP contribution in [0.4, 0.5) is 32.3 Å². The zero-order valence-corrected chi connectivity index (χ0v) is 22.9. The molecule has 224 valence electrons. The van der Waals surface area contributed by atoms with Crippen LogP contribution in [0.2, 0.25) is 0 Å². The lowest BCUT2D eigenvalue weighted by Crippen LogP contribution is -2.44. The fourth-order valence-electron chi connectivity index (χ4n) is 3.63. The van der Waals surface area contributed by atoms with Gasteiger partial charge in [0.2, 0.25) is 5.95 Å². The third kappa shape index (κ3) is 11.9. The minimum atomic E-state index is -5.08. The first-order valence-corrected chi connectivity index (χ1v) is 13.1. The molecule has 40 heavy (non-hydrogen) atoms. The maximum Gasteiger partial charge on any atom is 0.490 e. The number of hydrogen-bond donors (Lipinski definition) is 3. The molecule has 10 nitrogen and oxygen atoms in total. The van der Waals surface area contributed by atoms with Crippen molar-refractivity contribution in [3.8, 4) is 0 Å². The summed E-state index contributed by atoms with van der Waals surface area (Å²) in [4.78, 5) is 30.0. The second-order valence-corrected chi connectivity index (χ2v) is 10.4. The fraction of sp³-hybridized carbons (Fsp3) is 0.545. The van der Waals surface area contributed by atoms with Gasteiger partial charge in [0.1, 0.15) is 5.60 Å². The maximum atomic E-state index is 10.6. The van der Waals surface area contributed by atoms with Crippen molar-refractivity contribution in [3.05, 3.63) is 39.3 Å². The second-order valence-electron chi connectivity index (χ2n) is 8.52. The van der Waals surface area contributed by atoms with Crippen LogP contribution in [0.25, 0.3) is 0 Å². The van der Waals surface area contributed by atoms with E-state index in [1.807, 2.05) is 6.07 Å². The Kier molecular flexibility index (Phi) is 12.5. The number of carbonyl (C=O) groups is 2. The lowest BCUT2D eigenvalue weighted by Gasteiger charge is -2.31. The van der Waals surface area contributed by atoms with E-state index in [-0.39, 0.29) is 11.7 Å². The van der Waals surface area contributed by atoms with Gasteiger partial charge in [-0.2, -0.15) is 26.3 Å². The number of carboxylic acid groups (broad SMARTS) is 2. The molecular weight excluding hydrogens is 642 g/mol. The van der Waals surface area contributed by atoms with Gasteiger partial charge in [0.25, 0.3) is 0 Å². The molecule has 2 aromatic heterocycles. The van der Waals surface area contributed by atoms with E-state index in [9.17, 15) is 26.3 Å². The molecule has 1 spiro atoms. The molecule has 2 fully saturated rings. The van der Waals surface area contributed by atoms with Crippen LogP contribution in [-0.4, -0.2) is 93.9 Å². The molecule has 2 aliphatic rings. The number of ether oxygens (including phenoxy) is 2. The van der Waals surface area contributed by atoms with Crippen LogP contribution in [0, 0.1) is 0 Å². The molecule has 0 aliphatic carbocycles. The Morgan fingerprint density at radius 1 is 1.15 bits per heavy atom. The summed E-state index contributed by atoms with van der Waals surface area (Å²) >= 11 is 5.34. The van der Waals surface area contributed by atoms with Crippen molar-refractivity contribution in [2.45, 2.75) is 43.4 Å². The van der Waals surface area contributed by atoms with Gasteiger partial charge in [0, 0.05) is 53.3 Å². The van der Waals surface area contributed by atoms with E-state index in [1.165, 1.54) is 4.88 Å². The van der Waals surface area contributed by atoms with Gasteiger partial charge in [0.05, 0.1) is 19.3 Å². The highest BCUT2D eigenvalue weighted by atomic mass is 79.9. The second kappa shape index (κ2) is 14.9. The minimum absolute atomic E-state index is 0.165. The Morgan fingerprint density at radius 2 is 1.75 bits per heavy atom. The average molecular weight is 667 g/mol. The molecule has 0 unspecified atom stereocenters. The van der Waals surface area contributed by atoms with Crippen molar-refractivity contribution >= 4 is 45.2 Å². The Labute approximate surface area is 236 Å². The Morgan fingerprint density at radius 3 is 2.27 bits per heavy atom. The topological polar surface area (TPSA) is 134 Å². The van der Waals surface area contributed by atoms with Crippen LogP contribution in [0.3, 0.4) is 0 Å². The highest BCUT2D eigenvalue weighted by Gasteiger charge is 2.43. The van der Waals surface area contributed by atoms with Crippen LogP contribution < -0.4 is 5.32 Å². The van der Waals surface area contributed by atoms with E-state index in [1.54, 1.807) is 23.7 Å². The van der Waals surface area contributed by atoms with E-state index in [0.717, 1.165) is 50.1 Å². The molecule has 2 atom stereocenters. The first-order valence-electron chi connectivity index (χ1n) is 11.4. The predicted molar refractivity (Wildman–Crippen MR) is 133 cm³/mol. The molecule has 18 heteroatoms. The minimum Gasteiger partial charge on any atom is -0.475 e. The molecule has 0 radical (unpaired) electrons. The molecule has 0 bridgehead atoms. The molecule has 4 rings (SSSR count). The van der Waals surface area contributed by atoms with Crippen molar-refractivity contribution in [1.29, 1.82) is 0 Å². The maximum absolute atomic E-state index is 10.6. The van der Waals surface area contributed by atoms with Crippen molar-refractivity contribution < 1.29 is 55.6 Å². The highest BCUT2D eigenvalue weighted by Crippen LogP contribution is 2.34. The van der Waals surface area contributed by atoms with Gasteiger partial charge < -0.3 is 25.0 Å². The standard InChI is InChI=1S/C18H23BrN4O2S.2C2HF3O2/c19-14-8-16(26-11-14)10-23-6-7-24-13-18(12-23)3-2-15(25-18)9-22-17-20-4-1-5-21-17;2*3-2(4,5)1(6)7/h1,4-5,8,11,15H,2-3,6-7,9-10,12-13H2,(H,20,21,22);2*(H,6,7)/t15-,18+;;/m1../s1. The van der Waals surface area contributed by atoms with Crippen molar-refractivity contribution in [1.82, 2.24) is 14.9 Å². The lowest BCUT2D eigenvalue weighted by atomic mass is 10.00. The zero-order chi connectivity index (χ0) is 30.0. The smallest absolute Gasteiger partial charge is 0.475 e. The normalized spacial score (nSPS) is 21.4. The summed E-state index contributed by atoms with van der Waals surface area (Å²) in [5, 5.41) is 19.7. The molecule has 0 saturated carbocycles. The number of anilines is 1. The number of aromatic nitrogens is 2. The van der Waals surface area contributed by atoms with Gasteiger partial charge in [-0.1, -0.05) is 0 Å². The summed E-state index contributed by atoms with van der Waals surface area (Å²) in [6.45, 7) is 4.98. The van der Waals surface area contributed by atoms with Crippen LogP contribution in [0.1, 0.15) is 17.7 Å². The van der Waals surface area contributed by atoms with E-state index >= 15 is 0 Å². The van der Waals surface area contributed by atoms with Gasteiger partial charge in [-0.05, 0) is 40.9 Å². The Balaban J connectivity index is 0.000000333. The molecule has 0 aromatic carbocycles. The summed E-state index contributed by atoms with van der Waals surface area (Å²) in [6.07, 6.45) is -4.46. The third-order valence-electron chi connectivity index (χ3n) is 5.31. The number of carboxylic acids is 2. The van der Waals surface area contributed by atoms with Crippen molar-refractivity contribution in [3.63, 3.8) is 0 Å². The van der Waals surface area contributed by atoms with Gasteiger partial charge >= 0.3 is 24.3 Å². The van der Waals surface area contributed by atoms with Crippen LogP contribution >= 0.6 is 27.3 Å². The largest absolute Gasteiger partial charge is 0.490 e. The molecular formula is C22H25BrF6N4O6S. The van der Waals surface area contributed by atoms with E-state index < -0.39 is 24.3 Å². The zero-order valence-electron chi connectivity index (χ0n) is 20.5. The number of thiophene rings is 1. The van der Waals surface area contributed by atoms with Gasteiger partial charge in [-0.25, -0.2) is 19.6 Å². The van der Waals surface area contributed by atoms with Crippen LogP contribution in [0.15, 0.2) is 34.4 Å². The van der Waals surface area contributed by atoms with Gasteiger partial charge in [-0.3, -0.25) is 4.90 Å². The summed E-state index contributed by atoms with van der Waals surface area (Å²) < 4.78 is 77.0. The summed E-state index contributed by atoms with van der Waals surface area (Å²) in [6, 6.07) is 4.01. The molecule has 4 heterocycles. The SMILES string of the molecule is Brc1csc(CN2CCOC[C@]3(CC[C@H](CNc4ncccn4)O3)C2)c1.O=C(O)C(F)(F)F.O=C(O)C(F)(F)F. The lowest BCUT2D eigenvalue weighted by molar-refractivity contribution is -0.193. The van der Waals surface area contributed by atoms with Crippen molar-refractivity contribution in [2.75, 3.05) is 38.2 Å². The molecule has 2 saturated heterocycles. The third-order valence-corrected chi connectivity index (χ3v) is 6.99. The van der Waals surface area contributed by atoms with E-state index in [2.05, 4.69) is 47.6 Å². The summed E-state index contributed by atoms with van der Waals surface area (Å²) in [5.41, 5.74) is -0.200. The van der Waals surface area contributed by atoms with Crippen LogP contribution in [-0.2, 0) is 25.6 Å². The van der Waals surface area contributed by atoms with Crippen LogP contribution in [0.5, 0.6) is 0 Å². The van der Waals surface area contributed by atoms with E-state index in [4.69, 9.17) is 29.3 Å². The van der Waals surface area contributed by atoms with E-state index in [0.29, 0.717) is 12.6 Å². The number of nitrogens with zero attached hydrogens (tertiary/aromatic N) is 3. The summed E-state index contributed by atoms with van der Waals surface area (Å²) in [5.74, 6) is -4.86. The first-order chi connectivity index (χ1) is 18.6. The molecule has 2 aliphatic heterocycles. The number of nitrogens with one attached hydrogen (secondary N) is 1. The predicted octanol–water partition coefficient (Wildman–Crippen LogP) is 4.43. The van der Waals surface area contributed by atoms with Gasteiger partial charge in [-0.15, -0.1) is 11.3 Å². The Bertz CT molecular complexity index is 1070. The number of halogens is 7. The van der Waals surface area contributed by atoms with Gasteiger partial charge in [0.15, 0.2) is 0 Å². The number of hydrogen-bond acceptors (Lipinski definition) is 9. The number of aliphatic carboxylic acids is 2. The monoisotopic (exact) mass is 666 g/mol. The van der Waals surface area contributed by atoms with Crippen molar-refractivity contribution in [2.24, 2.45) is 0 Å². The number of rotatable bonds is 5. The molecule has 2 aromatic rings.